The molecule has 3 rings (SSSR count). The summed E-state index contributed by atoms with van der Waals surface area (Å²) in [6, 6.07) is 7.69. The number of para-hydroxylation sites is 2. The van der Waals surface area contributed by atoms with E-state index in [1.165, 1.54) is 0 Å². The summed E-state index contributed by atoms with van der Waals surface area (Å²) >= 11 is 0. The zero-order valence-electron chi connectivity index (χ0n) is 9.54. The monoisotopic (exact) mass is 231 g/mol. The van der Waals surface area contributed by atoms with Gasteiger partial charge in [0.05, 0.1) is 12.2 Å². The third-order valence-electron chi connectivity index (χ3n) is 2.61. The number of nitrogens with zero attached hydrogens (tertiary/aromatic N) is 3. The second-order valence-electron chi connectivity index (χ2n) is 4.08. The van der Waals surface area contributed by atoms with Crippen LogP contribution in [0.4, 0.5) is 0 Å². The van der Waals surface area contributed by atoms with Gasteiger partial charge in [-0.05, 0) is 19.1 Å². The maximum atomic E-state index is 5.83. The Morgan fingerprint density at radius 2 is 2.18 bits per heavy atom. The van der Waals surface area contributed by atoms with Gasteiger partial charge in [0.2, 0.25) is 0 Å². The zero-order chi connectivity index (χ0) is 11.7. The molecule has 0 spiro atoms. The fourth-order valence-electron chi connectivity index (χ4n) is 1.85. The molecule has 1 unspecified atom stereocenters. The van der Waals surface area contributed by atoms with Crippen molar-refractivity contribution in [3.05, 3.63) is 36.2 Å². The predicted octanol–water partition coefficient (Wildman–Crippen LogP) is 1.43. The summed E-state index contributed by atoms with van der Waals surface area (Å²) in [6.07, 6.45) is 1.87. The van der Waals surface area contributed by atoms with E-state index in [1.807, 2.05) is 37.4 Å². The van der Waals surface area contributed by atoms with Gasteiger partial charge >= 0.3 is 0 Å². The first kappa shape index (κ1) is 10.1. The molecule has 0 bridgehead atoms. The molecule has 0 fully saturated rings. The lowest BCUT2D eigenvalue weighted by atomic mass is 10.2. The minimum atomic E-state index is -0.0222. The molecule has 0 saturated heterocycles. The van der Waals surface area contributed by atoms with E-state index in [4.69, 9.17) is 9.47 Å². The third kappa shape index (κ3) is 2.08. The molecule has 2 aromatic rings. The molecule has 0 aliphatic carbocycles. The molecule has 0 N–H and O–H groups in total. The average molecular weight is 231 g/mol. The van der Waals surface area contributed by atoms with E-state index in [2.05, 4.69) is 10.3 Å². The van der Waals surface area contributed by atoms with Crippen molar-refractivity contribution in [2.45, 2.75) is 19.6 Å². The van der Waals surface area contributed by atoms with Crippen LogP contribution in [0.1, 0.15) is 5.69 Å². The summed E-state index contributed by atoms with van der Waals surface area (Å²) in [5, 5.41) is 7.94. The highest BCUT2D eigenvalue weighted by Gasteiger charge is 2.21. The summed E-state index contributed by atoms with van der Waals surface area (Å²) < 4.78 is 13.2. The molecule has 0 radical (unpaired) electrons. The molecule has 5 nitrogen and oxygen atoms in total. The van der Waals surface area contributed by atoms with Crippen molar-refractivity contribution < 1.29 is 9.47 Å². The van der Waals surface area contributed by atoms with Crippen LogP contribution in [0.2, 0.25) is 0 Å². The van der Waals surface area contributed by atoms with Crippen LogP contribution in [-0.2, 0) is 6.54 Å². The van der Waals surface area contributed by atoms with Crippen molar-refractivity contribution in [1.29, 1.82) is 0 Å². The minimum absolute atomic E-state index is 0.0222. The number of hydrogen-bond donors (Lipinski definition) is 0. The Labute approximate surface area is 99.0 Å². The second-order valence-corrected chi connectivity index (χ2v) is 4.08. The van der Waals surface area contributed by atoms with Crippen molar-refractivity contribution >= 4 is 0 Å². The predicted molar refractivity (Wildman–Crippen MR) is 61.1 cm³/mol. The molecule has 17 heavy (non-hydrogen) atoms. The fourth-order valence-corrected chi connectivity index (χ4v) is 1.85. The second kappa shape index (κ2) is 4.08. The number of aromatic nitrogens is 3. The Morgan fingerprint density at radius 3 is 2.94 bits per heavy atom. The van der Waals surface area contributed by atoms with Gasteiger partial charge in [0, 0.05) is 6.20 Å². The number of aryl methyl sites for hydroxylation is 1. The summed E-state index contributed by atoms with van der Waals surface area (Å²) in [5.41, 5.74) is 0.905. The van der Waals surface area contributed by atoms with E-state index < -0.39 is 0 Å². The number of fused-ring (bicyclic) bond motifs is 1. The van der Waals surface area contributed by atoms with Crippen molar-refractivity contribution in [1.82, 2.24) is 15.0 Å². The van der Waals surface area contributed by atoms with Gasteiger partial charge < -0.3 is 9.47 Å². The number of ether oxygens (including phenoxy) is 2. The first-order valence-electron chi connectivity index (χ1n) is 5.56. The van der Waals surface area contributed by atoms with E-state index in [-0.39, 0.29) is 6.10 Å². The first-order chi connectivity index (χ1) is 8.31. The Morgan fingerprint density at radius 1 is 1.35 bits per heavy atom. The molecule has 2 heterocycles. The Hall–Kier alpha value is -2.04. The summed E-state index contributed by atoms with van der Waals surface area (Å²) in [4.78, 5) is 0. The molecule has 1 aliphatic heterocycles. The quantitative estimate of drug-likeness (QED) is 0.784. The molecule has 88 valence electrons. The highest BCUT2D eigenvalue weighted by molar-refractivity contribution is 5.40. The normalized spacial score (nSPS) is 18.1. The Balaban J connectivity index is 1.72. The van der Waals surface area contributed by atoms with Crippen LogP contribution in [0.15, 0.2) is 30.5 Å². The highest BCUT2D eigenvalue weighted by atomic mass is 16.6. The maximum absolute atomic E-state index is 5.83. The lowest BCUT2D eigenvalue weighted by Gasteiger charge is -2.26. The van der Waals surface area contributed by atoms with Gasteiger partial charge in [0.1, 0.15) is 6.61 Å². The van der Waals surface area contributed by atoms with Crippen LogP contribution >= 0.6 is 0 Å². The lowest BCUT2D eigenvalue weighted by Crippen LogP contribution is -2.33. The molecule has 0 amide bonds. The van der Waals surface area contributed by atoms with Gasteiger partial charge in [-0.2, -0.15) is 0 Å². The number of rotatable bonds is 2. The van der Waals surface area contributed by atoms with Gasteiger partial charge in [-0.25, -0.2) is 4.68 Å². The van der Waals surface area contributed by atoms with Crippen molar-refractivity contribution in [2.75, 3.05) is 6.61 Å². The smallest absolute Gasteiger partial charge is 0.161 e. The lowest BCUT2D eigenvalue weighted by molar-refractivity contribution is 0.0755. The number of hydrogen-bond acceptors (Lipinski definition) is 4. The Kier molecular flexibility index (Phi) is 2.44. The molecule has 5 heteroatoms. The van der Waals surface area contributed by atoms with Crippen molar-refractivity contribution in [2.24, 2.45) is 0 Å². The standard InChI is InChI=1S/C12H13N3O2/c1-9-6-15(14-13-9)7-10-8-16-11-4-2-3-5-12(11)17-10/h2-6,10H,7-8H2,1H3. The van der Waals surface area contributed by atoms with Gasteiger partial charge in [-0.15, -0.1) is 5.10 Å². The maximum Gasteiger partial charge on any atom is 0.161 e. The van der Waals surface area contributed by atoms with Crippen LogP contribution in [-0.4, -0.2) is 27.7 Å². The minimum Gasteiger partial charge on any atom is -0.486 e. The van der Waals surface area contributed by atoms with E-state index in [1.54, 1.807) is 4.68 Å². The molecule has 1 aliphatic rings. The van der Waals surface area contributed by atoms with Crippen LogP contribution in [0, 0.1) is 6.92 Å². The third-order valence-corrected chi connectivity index (χ3v) is 2.61. The molecular formula is C12H13N3O2. The molecule has 1 atom stereocenters. The molecule has 1 aromatic carbocycles. The highest BCUT2D eigenvalue weighted by Crippen LogP contribution is 2.31. The van der Waals surface area contributed by atoms with E-state index in [0.29, 0.717) is 13.2 Å². The van der Waals surface area contributed by atoms with Crippen LogP contribution < -0.4 is 9.47 Å². The van der Waals surface area contributed by atoms with Crippen LogP contribution in [0.3, 0.4) is 0 Å². The van der Waals surface area contributed by atoms with Crippen LogP contribution in [0.5, 0.6) is 11.5 Å². The SMILES string of the molecule is Cc1cn(CC2COc3ccccc3O2)nn1. The fraction of sp³-hybridized carbons (Fsp3) is 0.333. The largest absolute Gasteiger partial charge is 0.486 e. The first-order valence-corrected chi connectivity index (χ1v) is 5.56. The van der Waals surface area contributed by atoms with Gasteiger partial charge in [-0.1, -0.05) is 17.3 Å². The Bertz CT molecular complexity index is 524. The van der Waals surface area contributed by atoms with E-state index in [9.17, 15) is 0 Å². The average Bonchev–Trinajstić information content (AvgIpc) is 2.75. The van der Waals surface area contributed by atoms with E-state index in [0.717, 1.165) is 17.2 Å². The van der Waals surface area contributed by atoms with Gasteiger partial charge in [0.25, 0.3) is 0 Å². The summed E-state index contributed by atoms with van der Waals surface area (Å²) in [6.45, 7) is 3.10. The number of benzene rings is 1. The zero-order valence-corrected chi connectivity index (χ0v) is 9.54. The van der Waals surface area contributed by atoms with E-state index >= 15 is 0 Å². The van der Waals surface area contributed by atoms with Crippen molar-refractivity contribution in [3.63, 3.8) is 0 Å². The molecule has 1 aromatic heterocycles. The van der Waals surface area contributed by atoms with Gasteiger partial charge in [0.15, 0.2) is 17.6 Å². The summed E-state index contributed by atoms with van der Waals surface area (Å²) in [7, 11) is 0. The van der Waals surface area contributed by atoms with Crippen LogP contribution in [0.25, 0.3) is 0 Å². The molecule has 0 saturated carbocycles. The molecular weight excluding hydrogens is 218 g/mol. The van der Waals surface area contributed by atoms with Gasteiger partial charge in [-0.3, -0.25) is 0 Å². The van der Waals surface area contributed by atoms with Crippen molar-refractivity contribution in [3.8, 4) is 11.5 Å². The topological polar surface area (TPSA) is 49.2 Å². The summed E-state index contributed by atoms with van der Waals surface area (Å²) in [5.74, 6) is 1.60.